The average molecular weight is 420 g/mol. The fourth-order valence-corrected chi connectivity index (χ4v) is 3.97. The highest BCUT2D eigenvalue weighted by molar-refractivity contribution is 6.18. The van der Waals surface area contributed by atoms with Crippen molar-refractivity contribution in [2.24, 2.45) is 0 Å². The van der Waals surface area contributed by atoms with Crippen LogP contribution < -0.4 is 0 Å². The third kappa shape index (κ3) is 4.68. The second-order valence-corrected chi connectivity index (χ2v) is 6.96. The summed E-state index contributed by atoms with van der Waals surface area (Å²) < 4.78 is 2.38. The summed E-state index contributed by atoms with van der Waals surface area (Å²) in [4.78, 5) is 0. The van der Waals surface area contributed by atoms with Gasteiger partial charge in [-0.15, -0.1) is 0 Å². The SMILES string of the molecule is C1=CCC=C1.CC.CC.c1ccc(-n2c3ccccc3c3ccc4ccccc4c32)cc1. The van der Waals surface area contributed by atoms with Crippen molar-refractivity contribution in [3.05, 3.63) is 115 Å². The van der Waals surface area contributed by atoms with Crippen LogP contribution in [0, 0.1) is 0 Å². The molecule has 4 aromatic carbocycles. The van der Waals surface area contributed by atoms with Gasteiger partial charge in [-0.3, -0.25) is 0 Å². The van der Waals surface area contributed by atoms with Gasteiger partial charge in [-0.1, -0.05) is 125 Å². The fourth-order valence-electron chi connectivity index (χ4n) is 3.97. The lowest BCUT2D eigenvalue weighted by atomic mass is 10.1. The van der Waals surface area contributed by atoms with Crippen LogP contribution in [0.15, 0.2) is 115 Å². The van der Waals surface area contributed by atoms with Gasteiger partial charge in [-0.25, -0.2) is 0 Å². The largest absolute Gasteiger partial charge is 0.309 e. The van der Waals surface area contributed by atoms with Gasteiger partial charge < -0.3 is 4.57 Å². The topological polar surface area (TPSA) is 4.93 Å². The predicted molar refractivity (Wildman–Crippen MR) is 144 cm³/mol. The maximum Gasteiger partial charge on any atom is 0.0619 e. The molecule has 5 aromatic rings. The first-order valence-electron chi connectivity index (χ1n) is 11.7. The first kappa shape index (κ1) is 23.1. The van der Waals surface area contributed by atoms with Crippen molar-refractivity contribution in [1.29, 1.82) is 0 Å². The van der Waals surface area contributed by atoms with Gasteiger partial charge in [-0.2, -0.15) is 0 Å². The molecule has 1 aromatic heterocycles. The molecule has 6 rings (SSSR count). The zero-order valence-electron chi connectivity index (χ0n) is 19.6. The minimum atomic E-state index is 1.14. The van der Waals surface area contributed by atoms with Crippen LogP contribution in [-0.4, -0.2) is 4.57 Å². The normalized spacial score (nSPS) is 11.4. The zero-order chi connectivity index (χ0) is 22.8. The van der Waals surface area contributed by atoms with Gasteiger partial charge in [0, 0.05) is 21.8 Å². The number of nitrogens with zero attached hydrogens (tertiary/aromatic N) is 1. The molecule has 162 valence electrons. The average Bonchev–Trinajstić information content (AvgIpc) is 3.58. The van der Waals surface area contributed by atoms with Crippen LogP contribution in [0.5, 0.6) is 0 Å². The summed E-state index contributed by atoms with van der Waals surface area (Å²) in [5.41, 5.74) is 3.75. The molecular weight excluding hydrogens is 386 g/mol. The molecule has 0 bridgehead atoms. The van der Waals surface area contributed by atoms with Crippen molar-refractivity contribution < 1.29 is 0 Å². The van der Waals surface area contributed by atoms with Crippen molar-refractivity contribution in [1.82, 2.24) is 4.57 Å². The number of rotatable bonds is 1. The maximum absolute atomic E-state index is 2.38. The molecule has 1 heteroatoms. The van der Waals surface area contributed by atoms with Gasteiger partial charge >= 0.3 is 0 Å². The highest BCUT2D eigenvalue weighted by Gasteiger charge is 2.13. The van der Waals surface area contributed by atoms with Crippen LogP contribution >= 0.6 is 0 Å². The molecule has 0 atom stereocenters. The second kappa shape index (κ2) is 11.7. The Morgan fingerprint density at radius 1 is 0.531 bits per heavy atom. The standard InChI is InChI=1S/C22H15N.C5H6.2C2H6/c1-2-9-17(10-3-1)23-21-13-7-6-12-19(21)20-15-14-16-8-4-5-11-18(16)22(20)23;1-2-4-5-3-1;2*1-2/h1-15H;1-4H,5H2;2*1-2H3. The highest BCUT2D eigenvalue weighted by Crippen LogP contribution is 2.36. The number of aromatic nitrogens is 1. The summed E-state index contributed by atoms with van der Waals surface area (Å²) in [5, 5.41) is 5.19. The van der Waals surface area contributed by atoms with Crippen LogP contribution in [0.1, 0.15) is 34.1 Å². The molecule has 1 aliphatic carbocycles. The Labute approximate surface area is 192 Å². The van der Waals surface area contributed by atoms with Crippen molar-refractivity contribution >= 4 is 32.6 Å². The highest BCUT2D eigenvalue weighted by atomic mass is 15.0. The monoisotopic (exact) mass is 419 g/mol. The number of para-hydroxylation sites is 2. The lowest BCUT2D eigenvalue weighted by molar-refractivity contribution is 1.19. The minimum Gasteiger partial charge on any atom is -0.309 e. The third-order valence-electron chi connectivity index (χ3n) is 5.23. The van der Waals surface area contributed by atoms with Crippen LogP contribution in [0.3, 0.4) is 0 Å². The number of hydrogen-bond acceptors (Lipinski definition) is 0. The molecule has 32 heavy (non-hydrogen) atoms. The zero-order valence-corrected chi connectivity index (χ0v) is 19.6. The molecular formula is C31H33N. The van der Waals surface area contributed by atoms with Gasteiger partial charge in [0.2, 0.25) is 0 Å². The Balaban J connectivity index is 0.000000276. The summed E-state index contributed by atoms with van der Waals surface area (Å²) in [5.74, 6) is 0. The van der Waals surface area contributed by atoms with E-state index < -0.39 is 0 Å². The van der Waals surface area contributed by atoms with Crippen molar-refractivity contribution in [3.8, 4) is 5.69 Å². The summed E-state index contributed by atoms with van der Waals surface area (Å²) in [7, 11) is 0. The van der Waals surface area contributed by atoms with E-state index >= 15 is 0 Å². The molecule has 0 amide bonds. The summed E-state index contributed by atoms with van der Waals surface area (Å²) in [6.45, 7) is 8.00. The minimum absolute atomic E-state index is 1.14. The quantitative estimate of drug-likeness (QED) is 0.255. The van der Waals surface area contributed by atoms with Gasteiger partial charge in [0.05, 0.1) is 11.0 Å². The van der Waals surface area contributed by atoms with E-state index in [9.17, 15) is 0 Å². The molecule has 0 aliphatic heterocycles. The van der Waals surface area contributed by atoms with E-state index in [1.54, 1.807) is 0 Å². The Morgan fingerprint density at radius 3 is 1.78 bits per heavy atom. The molecule has 1 nitrogen and oxygen atoms in total. The van der Waals surface area contributed by atoms with E-state index in [1.807, 2.05) is 27.7 Å². The number of allylic oxidation sites excluding steroid dienone is 4. The second-order valence-electron chi connectivity index (χ2n) is 6.96. The van der Waals surface area contributed by atoms with Gasteiger partial charge in [0.15, 0.2) is 0 Å². The first-order chi connectivity index (χ1) is 15.9. The first-order valence-corrected chi connectivity index (χ1v) is 11.7. The lowest BCUT2D eigenvalue weighted by Gasteiger charge is -2.09. The molecule has 0 N–H and O–H groups in total. The predicted octanol–water partition coefficient (Wildman–Crippen LogP) is 9.49. The number of fused-ring (bicyclic) bond motifs is 5. The van der Waals surface area contributed by atoms with Crippen LogP contribution in [0.4, 0.5) is 0 Å². The van der Waals surface area contributed by atoms with Gasteiger partial charge in [-0.05, 0) is 30.0 Å². The fraction of sp³-hybridized carbons (Fsp3) is 0.161. The molecule has 1 heterocycles. The summed E-state index contributed by atoms with van der Waals surface area (Å²) in [6, 6.07) is 32.4. The van der Waals surface area contributed by atoms with E-state index in [2.05, 4.69) is 120 Å². The third-order valence-corrected chi connectivity index (χ3v) is 5.23. The van der Waals surface area contributed by atoms with Crippen molar-refractivity contribution in [2.45, 2.75) is 34.1 Å². The molecule has 0 spiro atoms. The van der Waals surface area contributed by atoms with E-state index in [0.717, 1.165) is 6.42 Å². The lowest BCUT2D eigenvalue weighted by Crippen LogP contribution is -1.93. The molecule has 0 radical (unpaired) electrons. The molecule has 0 saturated carbocycles. The summed E-state index contributed by atoms with van der Waals surface area (Å²) in [6.07, 6.45) is 9.50. The van der Waals surface area contributed by atoms with E-state index in [1.165, 1.54) is 38.3 Å². The van der Waals surface area contributed by atoms with E-state index in [-0.39, 0.29) is 0 Å². The van der Waals surface area contributed by atoms with Crippen molar-refractivity contribution in [3.63, 3.8) is 0 Å². The Bertz CT molecular complexity index is 1310. The Kier molecular flexibility index (Phi) is 8.45. The van der Waals surface area contributed by atoms with Crippen molar-refractivity contribution in [2.75, 3.05) is 0 Å². The van der Waals surface area contributed by atoms with Crippen LogP contribution in [0.2, 0.25) is 0 Å². The Morgan fingerprint density at radius 2 is 1.12 bits per heavy atom. The van der Waals surface area contributed by atoms with E-state index in [0.29, 0.717) is 0 Å². The van der Waals surface area contributed by atoms with Crippen LogP contribution in [0.25, 0.3) is 38.3 Å². The molecule has 0 fully saturated rings. The number of hydrogen-bond donors (Lipinski definition) is 0. The van der Waals surface area contributed by atoms with Crippen LogP contribution in [-0.2, 0) is 0 Å². The molecule has 1 aliphatic rings. The van der Waals surface area contributed by atoms with Gasteiger partial charge in [0.1, 0.15) is 0 Å². The summed E-state index contributed by atoms with van der Waals surface area (Å²) >= 11 is 0. The molecule has 0 unspecified atom stereocenters. The van der Waals surface area contributed by atoms with E-state index in [4.69, 9.17) is 0 Å². The Hall–Kier alpha value is -3.58. The molecule has 0 saturated heterocycles. The van der Waals surface area contributed by atoms with Gasteiger partial charge in [0.25, 0.3) is 0 Å². The number of benzene rings is 4. The smallest absolute Gasteiger partial charge is 0.0619 e. The maximum atomic E-state index is 2.38.